The van der Waals surface area contributed by atoms with Crippen LogP contribution in [0, 0.1) is 0 Å². The number of anilines is 1. The monoisotopic (exact) mass is 580 g/mol. The zero-order chi connectivity index (χ0) is 25.9. The minimum Gasteiger partial charge on any atom is -0.496 e. The third kappa shape index (κ3) is 5.47. The van der Waals surface area contributed by atoms with Crippen molar-refractivity contribution in [1.29, 1.82) is 0 Å². The summed E-state index contributed by atoms with van der Waals surface area (Å²) in [6.07, 6.45) is 1.83. The summed E-state index contributed by atoms with van der Waals surface area (Å²) in [5, 5.41) is 3.01. The second-order valence-electron chi connectivity index (χ2n) is 8.56. The molecule has 5 rings (SSSR count). The predicted molar refractivity (Wildman–Crippen MR) is 147 cm³/mol. The Hall–Kier alpha value is -3.43. The maximum atomic E-state index is 13.5. The lowest BCUT2D eigenvalue weighted by atomic mass is 10.1. The summed E-state index contributed by atoms with van der Waals surface area (Å²) in [6, 6.07) is 18.6. The molecular formula is C28H25BrN2O5S. The van der Waals surface area contributed by atoms with Crippen molar-refractivity contribution in [2.45, 2.75) is 17.9 Å². The van der Waals surface area contributed by atoms with Gasteiger partial charge in [-0.25, -0.2) is 0 Å². The van der Waals surface area contributed by atoms with Gasteiger partial charge in [0, 0.05) is 4.90 Å². The van der Waals surface area contributed by atoms with Crippen molar-refractivity contribution in [3.8, 4) is 17.2 Å². The number of halogens is 1. The molecule has 7 nitrogen and oxygen atoms in total. The Balaban J connectivity index is 1.35. The van der Waals surface area contributed by atoms with Gasteiger partial charge in [0.15, 0.2) is 11.5 Å². The number of ether oxygens (including phenoxy) is 3. The number of amides is 2. The van der Waals surface area contributed by atoms with Crippen LogP contribution < -0.4 is 24.4 Å². The number of thioether (sulfide) groups is 1. The van der Waals surface area contributed by atoms with Crippen molar-refractivity contribution in [2.75, 3.05) is 31.8 Å². The molecule has 2 aliphatic rings. The molecule has 0 saturated carbocycles. The van der Waals surface area contributed by atoms with E-state index in [-0.39, 0.29) is 24.4 Å². The maximum absolute atomic E-state index is 13.5. The van der Waals surface area contributed by atoms with E-state index in [4.69, 9.17) is 14.2 Å². The van der Waals surface area contributed by atoms with E-state index in [9.17, 15) is 9.59 Å². The second-order valence-corrected chi connectivity index (χ2v) is 10.5. The van der Waals surface area contributed by atoms with Crippen molar-refractivity contribution in [1.82, 2.24) is 5.32 Å². The predicted octanol–water partition coefficient (Wildman–Crippen LogP) is 5.59. The average molecular weight is 581 g/mol. The highest BCUT2D eigenvalue weighted by Gasteiger charge is 2.31. The lowest BCUT2D eigenvalue weighted by Gasteiger charge is -2.30. The van der Waals surface area contributed by atoms with Crippen molar-refractivity contribution in [3.05, 3.63) is 81.2 Å². The Morgan fingerprint density at radius 1 is 1.14 bits per heavy atom. The maximum Gasteiger partial charge on any atom is 0.265 e. The van der Waals surface area contributed by atoms with Crippen LogP contribution in [-0.4, -0.2) is 38.7 Å². The van der Waals surface area contributed by atoms with Gasteiger partial charge in [-0.2, -0.15) is 0 Å². The van der Waals surface area contributed by atoms with Crippen LogP contribution in [0.25, 0.3) is 6.08 Å². The summed E-state index contributed by atoms with van der Waals surface area (Å²) in [5.74, 6) is 1.59. The fraction of sp³-hybridized carbons (Fsp3) is 0.214. The van der Waals surface area contributed by atoms with Gasteiger partial charge >= 0.3 is 0 Å². The van der Waals surface area contributed by atoms with Crippen LogP contribution in [0.5, 0.6) is 17.2 Å². The van der Waals surface area contributed by atoms with Crippen LogP contribution >= 0.6 is 27.7 Å². The van der Waals surface area contributed by atoms with Crippen molar-refractivity contribution >= 4 is 51.3 Å². The Morgan fingerprint density at radius 2 is 1.92 bits per heavy atom. The number of nitrogens with zero attached hydrogens (tertiary/aromatic N) is 1. The number of benzene rings is 3. The van der Waals surface area contributed by atoms with E-state index in [2.05, 4.69) is 21.2 Å². The normalized spacial score (nSPS) is 16.2. The van der Waals surface area contributed by atoms with E-state index in [0.717, 1.165) is 20.5 Å². The molecule has 0 aromatic heterocycles. The van der Waals surface area contributed by atoms with Gasteiger partial charge < -0.3 is 19.5 Å². The van der Waals surface area contributed by atoms with E-state index in [1.54, 1.807) is 7.11 Å². The van der Waals surface area contributed by atoms with Crippen LogP contribution in [0.3, 0.4) is 0 Å². The third-order valence-corrected chi connectivity index (χ3v) is 7.75. The zero-order valence-electron chi connectivity index (χ0n) is 20.3. The highest BCUT2D eigenvalue weighted by molar-refractivity contribution is 9.10. The van der Waals surface area contributed by atoms with Crippen LogP contribution in [0.4, 0.5) is 5.69 Å². The fourth-order valence-electron chi connectivity index (χ4n) is 4.19. The highest BCUT2D eigenvalue weighted by atomic mass is 79.9. The first kappa shape index (κ1) is 25.2. The lowest BCUT2D eigenvalue weighted by Crippen LogP contribution is -2.43. The van der Waals surface area contributed by atoms with E-state index in [0.29, 0.717) is 41.1 Å². The summed E-state index contributed by atoms with van der Waals surface area (Å²) in [6.45, 7) is 2.82. The molecule has 0 fully saturated rings. The number of methoxy groups -OCH3 is 1. The van der Waals surface area contributed by atoms with E-state index in [1.165, 1.54) is 16.7 Å². The molecule has 0 bridgehead atoms. The Kier molecular flexibility index (Phi) is 7.43. The number of rotatable bonds is 6. The molecule has 3 aromatic rings. The lowest BCUT2D eigenvalue weighted by molar-refractivity contribution is -0.122. The number of carbonyl (C=O) groups is 2. The van der Waals surface area contributed by atoms with E-state index < -0.39 is 0 Å². The minimum absolute atomic E-state index is 0.102. The quantitative estimate of drug-likeness (QED) is 0.383. The number of nitrogens with one attached hydrogen (secondary N) is 1. The van der Waals surface area contributed by atoms with Crippen LogP contribution in [0.15, 0.2) is 74.9 Å². The van der Waals surface area contributed by atoms with Crippen LogP contribution in [-0.2, 0) is 9.59 Å². The van der Waals surface area contributed by atoms with Gasteiger partial charge in [0.25, 0.3) is 5.91 Å². The van der Waals surface area contributed by atoms with Gasteiger partial charge in [-0.1, -0.05) is 36.0 Å². The number of hydrogen-bond donors (Lipinski definition) is 1. The molecule has 0 aliphatic carbocycles. The van der Waals surface area contributed by atoms with Gasteiger partial charge in [-0.05, 0) is 76.5 Å². The number of carbonyl (C=O) groups excluding carboxylic acids is 2. The molecule has 1 N–H and O–H groups in total. The number of hydrogen-bond acceptors (Lipinski definition) is 6. The summed E-state index contributed by atoms with van der Waals surface area (Å²) >= 11 is 4.89. The number of fused-ring (bicyclic) bond motifs is 2. The molecule has 0 saturated heterocycles. The highest BCUT2D eigenvalue weighted by Crippen LogP contribution is 2.42. The zero-order valence-corrected chi connectivity index (χ0v) is 22.7. The van der Waals surface area contributed by atoms with Crippen LogP contribution in [0.2, 0.25) is 0 Å². The minimum atomic E-state index is -0.278. The SMILES string of the molecule is COc1ccc(/C=C2/Sc3ccccc3N(CC(=O)N[C@@H](C)c3ccc4c(c3)OCCO4)C2=O)cc1Br. The molecule has 9 heteroatoms. The van der Waals surface area contributed by atoms with Crippen molar-refractivity contribution in [3.63, 3.8) is 0 Å². The third-order valence-electron chi connectivity index (χ3n) is 6.05. The summed E-state index contributed by atoms with van der Waals surface area (Å²) in [4.78, 5) is 29.6. The number of para-hydroxylation sites is 1. The van der Waals surface area contributed by atoms with Gasteiger partial charge in [-0.3, -0.25) is 14.5 Å². The summed E-state index contributed by atoms with van der Waals surface area (Å²) in [5.41, 5.74) is 2.46. The molecule has 2 amide bonds. The first-order valence-corrected chi connectivity index (χ1v) is 13.4. The summed E-state index contributed by atoms with van der Waals surface area (Å²) in [7, 11) is 1.60. The standard InChI is InChI=1S/C28H25BrN2O5S/c1-17(19-8-10-23-24(15-19)36-12-11-35-23)30-27(32)16-31-21-5-3-4-6-25(21)37-26(28(31)33)14-18-7-9-22(34-2)20(29)13-18/h3-10,13-15,17H,11-12,16H2,1-2H3,(H,30,32)/b26-14+/t17-/m0/s1. The molecule has 3 aromatic carbocycles. The topological polar surface area (TPSA) is 77.1 Å². The van der Waals surface area contributed by atoms with Gasteiger partial charge in [0.05, 0.1) is 28.2 Å². The molecule has 37 heavy (non-hydrogen) atoms. The fourth-order valence-corrected chi connectivity index (χ4v) is 5.80. The van der Waals surface area contributed by atoms with Crippen LogP contribution in [0.1, 0.15) is 24.1 Å². The molecule has 190 valence electrons. The smallest absolute Gasteiger partial charge is 0.265 e. The second kappa shape index (κ2) is 10.9. The van der Waals surface area contributed by atoms with E-state index in [1.807, 2.05) is 73.7 Å². The molecule has 0 spiro atoms. The van der Waals surface area contributed by atoms with E-state index >= 15 is 0 Å². The molecule has 1 atom stereocenters. The molecular weight excluding hydrogens is 556 g/mol. The Morgan fingerprint density at radius 3 is 2.70 bits per heavy atom. The van der Waals surface area contributed by atoms with Crippen molar-refractivity contribution in [2.24, 2.45) is 0 Å². The average Bonchev–Trinajstić information content (AvgIpc) is 2.90. The largest absolute Gasteiger partial charge is 0.496 e. The first-order valence-electron chi connectivity index (χ1n) is 11.8. The van der Waals surface area contributed by atoms with Gasteiger partial charge in [-0.15, -0.1) is 0 Å². The Labute approximate surface area is 227 Å². The Bertz CT molecular complexity index is 1390. The van der Waals surface area contributed by atoms with Crippen molar-refractivity contribution < 1.29 is 23.8 Å². The summed E-state index contributed by atoms with van der Waals surface area (Å²) < 4.78 is 17.3. The molecule has 2 aliphatic heterocycles. The first-order chi connectivity index (χ1) is 17.9. The molecule has 2 heterocycles. The molecule has 0 unspecified atom stereocenters. The molecule has 0 radical (unpaired) electrons. The van der Waals surface area contributed by atoms with Gasteiger partial charge in [0.2, 0.25) is 5.91 Å². The van der Waals surface area contributed by atoms with Gasteiger partial charge in [0.1, 0.15) is 25.5 Å².